The van der Waals surface area contributed by atoms with Gasteiger partial charge in [-0.05, 0) is 17.7 Å². The van der Waals surface area contributed by atoms with Crippen LogP contribution in [0.25, 0.3) is 0 Å². The molecule has 4 N–H and O–H groups in total. The summed E-state index contributed by atoms with van der Waals surface area (Å²) in [6.07, 6.45) is -0.179. The normalized spacial score (nSPS) is 21.5. The van der Waals surface area contributed by atoms with Crippen molar-refractivity contribution in [3.63, 3.8) is 0 Å². The van der Waals surface area contributed by atoms with Gasteiger partial charge in [0, 0.05) is 32.1 Å². The fourth-order valence-corrected chi connectivity index (χ4v) is 2.80. The number of hydrogen-bond donors (Lipinski definition) is 4. The number of rotatable bonds is 5. The van der Waals surface area contributed by atoms with Crippen LogP contribution in [-0.2, 0) is 4.74 Å². The van der Waals surface area contributed by atoms with E-state index in [1.54, 1.807) is 6.07 Å². The quantitative estimate of drug-likeness (QED) is 0.638. The number of carbonyl (C=O) groups excluding carboxylic acids is 1. The molecule has 2 atom stereocenters. The van der Waals surface area contributed by atoms with E-state index in [2.05, 4.69) is 16.0 Å². The van der Waals surface area contributed by atoms with Gasteiger partial charge in [-0.2, -0.15) is 0 Å². The van der Waals surface area contributed by atoms with E-state index in [0.717, 1.165) is 18.7 Å². The summed E-state index contributed by atoms with van der Waals surface area (Å²) >= 11 is 12.1. The van der Waals surface area contributed by atoms with Crippen LogP contribution in [0.3, 0.4) is 0 Å². The third-order valence-electron chi connectivity index (χ3n) is 3.66. The summed E-state index contributed by atoms with van der Waals surface area (Å²) in [7, 11) is 0. The first-order valence-electron chi connectivity index (χ1n) is 7.51. The van der Waals surface area contributed by atoms with Gasteiger partial charge >= 0.3 is 6.03 Å². The molecule has 0 aromatic heterocycles. The number of halogens is 2. The Morgan fingerprint density at radius 3 is 2.91 bits per heavy atom. The molecule has 1 saturated heterocycles. The van der Waals surface area contributed by atoms with E-state index in [0.29, 0.717) is 23.2 Å². The summed E-state index contributed by atoms with van der Waals surface area (Å²) in [6, 6.07) is 5.20. The monoisotopic (exact) mass is 361 g/mol. The van der Waals surface area contributed by atoms with Crippen LogP contribution in [0.4, 0.5) is 4.79 Å². The standard InChI is InChI=1S/C15H21Cl2N3O3/c16-12-2-1-10(7-13(12)17)11-8-18-4-6-23-14(11)9-20-15(22)19-3-5-21/h1-2,7,11,14,18,21H,3-6,8-9H2,(H2,19,20,22)/t11-,14+/m1/s1. The summed E-state index contributed by atoms with van der Waals surface area (Å²) in [5.41, 5.74) is 1.01. The molecule has 1 aromatic rings. The molecule has 1 aliphatic rings. The van der Waals surface area contributed by atoms with Gasteiger partial charge in [0.25, 0.3) is 0 Å². The number of amides is 2. The van der Waals surface area contributed by atoms with Crippen molar-refractivity contribution < 1.29 is 14.6 Å². The van der Waals surface area contributed by atoms with Crippen LogP contribution in [0.2, 0.25) is 10.0 Å². The maximum Gasteiger partial charge on any atom is 0.314 e. The van der Waals surface area contributed by atoms with Gasteiger partial charge in [-0.1, -0.05) is 29.3 Å². The van der Waals surface area contributed by atoms with Gasteiger partial charge in [0.05, 0.1) is 29.4 Å². The van der Waals surface area contributed by atoms with Crippen LogP contribution in [0.1, 0.15) is 11.5 Å². The average Bonchev–Trinajstić information content (AvgIpc) is 2.79. The van der Waals surface area contributed by atoms with Gasteiger partial charge in [0.1, 0.15) is 0 Å². The van der Waals surface area contributed by atoms with Gasteiger partial charge in [-0.3, -0.25) is 0 Å². The molecule has 0 unspecified atom stereocenters. The number of benzene rings is 1. The maximum atomic E-state index is 11.6. The number of hydrogen-bond acceptors (Lipinski definition) is 4. The zero-order chi connectivity index (χ0) is 16.7. The van der Waals surface area contributed by atoms with E-state index in [1.807, 2.05) is 12.1 Å². The van der Waals surface area contributed by atoms with Gasteiger partial charge in [-0.15, -0.1) is 0 Å². The Bertz CT molecular complexity index is 531. The van der Waals surface area contributed by atoms with Gasteiger partial charge in [0.15, 0.2) is 0 Å². The lowest BCUT2D eigenvalue weighted by Crippen LogP contribution is -2.43. The topological polar surface area (TPSA) is 82.6 Å². The summed E-state index contributed by atoms with van der Waals surface area (Å²) in [5, 5.41) is 18.4. The molecule has 0 aliphatic carbocycles. The lowest BCUT2D eigenvalue weighted by molar-refractivity contribution is 0.0539. The van der Waals surface area contributed by atoms with Crippen molar-refractivity contribution in [2.45, 2.75) is 12.0 Å². The minimum Gasteiger partial charge on any atom is -0.395 e. The van der Waals surface area contributed by atoms with Crippen LogP contribution in [-0.4, -0.2) is 56.6 Å². The second kappa shape index (κ2) is 9.30. The molecular weight excluding hydrogens is 341 g/mol. The molecule has 8 heteroatoms. The van der Waals surface area contributed by atoms with E-state index < -0.39 is 0 Å². The first kappa shape index (κ1) is 18.3. The minimum absolute atomic E-state index is 0.0467. The molecule has 0 spiro atoms. The Kier molecular flexibility index (Phi) is 7.39. The third kappa shape index (κ3) is 5.51. The third-order valence-corrected chi connectivity index (χ3v) is 4.40. The molecule has 2 amide bonds. The maximum absolute atomic E-state index is 11.6. The van der Waals surface area contributed by atoms with Crippen molar-refractivity contribution in [1.82, 2.24) is 16.0 Å². The average molecular weight is 362 g/mol. The predicted molar refractivity (Wildman–Crippen MR) is 90.3 cm³/mol. The molecule has 23 heavy (non-hydrogen) atoms. The molecule has 0 radical (unpaired) electrons. The van der Waals surface area contributed by atoms with Crippen LogP contribution < -0.4 is 16.0 Å². The first-order chi connectivity index (χ1) is 11.1. The minimum atomic E-state index is -0.326. The fourth-order valence-electron chi connectivity index (χ4n) is 2.49. The van der Waals surface area contributed by atoms with Crippen molar-refractivity contribution in [3.05, 3.63) is 33.8 Å². The second-order valence-electron chi connectivity index (χ2n) is 5.25. The molecule has 1 aliphatic heterocycles. The van der Waals surface area contributed by atoms with Crippen molar-refractivity contribution in [2.75, 3.05) is 39.4 Å². The van der Waals surface area contributed by atoms with E-state index in [1.165, 1.54) is 0 Å². The highest BCUT2D eigenvalue weighted by molar-refractivity contribution is 6.42. The number of nitrogens with one attached hydrogen (secondary N) is 3. The Labute approximate surface area is 145 Å². The van der Waals surface area contributed by atoms with E-state index in [-0.39, 0.29) is 31.2 Å². The SMILES string of the molecule is O=C(NCCO)NC[C@@H]1OCCNC[C@@H]1c1ccc(Cl)c(Cl)c1. The lowest BCUT2D eigenvalue weighted by atomic mass is 9.93. The zero-order valence-corrected chi connectivity index (χ0v) is 14.2. The Hall–Kier alpha value is -1.05. The highest BCUT2D eigenvalue weighted by atomic mass is 35.5. The number of urea groups is 1. The van der Waals surface area contributed by atoms with Gasteiger partial charge in [-0.25, -0.2) is 4.79 Å². The Morgan fingerprint density at radius 1 is 1.35 bits per heavy atom. The molecule has 0 saturated carbocycles. The van der Waals surface area contributed by atoms with Crippen molar-refractivity contribution in [1.29, 1.82) is 0 Å². The molecule has 128 valence electrons. The summed E-state index contributed by atoms with van der Waals surface area (Å²) in [5.74, 6) is 0.0467. The molecule has 2 rings (SSSR count). The van der Waals surface area contributed by atoms with E-state index in [9.17, 15) is 4.79 Å². The Morgan fingerprint density at radius 2 is 2.17 bits per heavy atom. The highest BCUT2D eigenvalue weighted by Gasteiger charge is 2.27. The van der Waals surface area contributed by atoms with Crippen molar-refractivity contribution in [3.8, 4) is 0 Å². The number of aliphatic hydroxyl groups excluding tert-OH is 1. The molecule has 1 fully saturated rings. The Balaban J connectivity index is 2.04. The smallest absolute Gasteiger partial charge is 0.314 e. The number of ether oxygens (including phenoxy) is 1. The summed E-state index contributed by atoms with van der Waals surface area (Å²) < 4.78 is 5.86. The van der Waals surface area contributed by atoms with Crippen LogP contribution >= 0.6 is 23.2 Å². The van der Waals surface area contributed by atoms with E-state index in [4.69, 9.17) is 33.0 Å². The van der Waals surface area contributed by atoms with Crippen molar-refractivity contribution >= 4 is 29.2 Å². The number of carbonyl (C=O) groups is 1. The van der Waals surface area contributed by atoms with Gasteiger partial charge in [0.2, 0.25) is 0 Å². The summed E-state index contributed by atoms with van der Waals surface area (Å²) in [6.45, 7) is 2.54. The van der Waals surface area contributed by atoms with Crippen LogP contribution in [0.15, 0.2) is 18.2 Å². The van der Waals surface area contributed by atoms with Crippen molar-refractivity contribution in [2.24, 2.45) is 0 Å². The van der Waals surface area contributed by atoms with Crippen LogP contribution in [0, 0.1) is 0 Å². The van der Waals surface area contributed by atoms with Crippen LogP contribution in [0.5, 0.6) is 0 Å². The van der Waals surface area contributed by atoms with Gasteiger partial charge < -0.3 is 25.8 Å². The lowest BCUT2D eigenvalue weighted by Gasteiger charge is -2.25. The first-order valence-corrected chi connectivity index (χ1v) is 8.27. The summed E-state index contributed by atoms with van der Waals surface area (Å²) in [4.78, 5) is 11.6. The predicted octanol–water partition coefficient (Wildman–Crippen LogP) is 1.36. The molecule has 1 heterocycles. The molecule has 1 aromatic carbocycles. The largest absolute Gasteiger partial charge is 0.395 e. The second-order valence-corrected chi connectivity index (χ2v) is 6.07. The molecule has 6 nitrogen and oxygen atoms in total. The zero-order valence-electron chi connectivity index (χ0n) is 12.6. The molecule has 0 bridgehead atoms. The number of aliphatic hydroxyl groups is 1. The molecular formula is C15H21Cl2N3O3. The van der Waals surface area contributed by atoms with E-state index >= 15 is 0 Å². The highest BCUT2D eigenvalue weighted by Crippen LogP contribution is 2.29. The fraction of sp³-hybridized carbons (Fsp3) is 0.533.